The van der Waals surface area contributed by atoms with Crippen molar-refractivity contribution < 1.29 is 18.8 Å². The summed E-state index contributed by atoms with van der Waals surface area (Å²) in [4.78, 5) is 23.7. The summed E-state index contributed by atoms with van der Waals surface area (Å²) in [5.74, 6) is -0.262. The Hall–Kier alpha value is -2.34. The van der Waals surface area contributed by atoms with Crippen molar-refractivity contribution in [1.29, 1.82) is 0 Å². The van der Waals surface area contributed by atoms with Crippen molar-refractivity contribution in [3.63, 3.8) is 0 Å². The van der Waals surface area contributed by atoms with Crippen LogP contribution in [0.3, 0.4) is 0 Å². The number of nitrogens with zero attached hydrogens (tertiary/aromatic N) is 1. The maximum absolute atomic E-state index is 12.0. The Labute approximate surface area is 138 Å². The standard InChI is InChI=1S/C16H17ClN2O4/c1-7(2)15-12(14(16(18)21)19-23-15)11-9(8(3)20)5-6-10(22-4)13(11)17/h5-7H,1-4H3,(H2,18,21). The van der Waals surface area contributed by atoms with E-state index in [1.165, 1.54) is 14.0 Å². The molecule has 0 saturated heterocycles. The first-order valence-corrected chi connectivity index (χ1v) is 7.34. The number of carbonyl (C=O) groups excluding carboxylic acids is 2. The number of ketones is 1. The number of rotatable bonds is 5. The lowest BCUT2D eigenvalue weighted by Crippen LogP contribution is -2.13. The average Bonchev–Trinajstić information content (AvgIpc) is 2.91. The fourth-order valence-electron chi connectivity index (χ4n) is 2.36. The van der Waals surface area contributed by atoms with Crippen LogP contribution in [0.4, 0.5) is 0 Å². The van der Waals surface area contributed by atoms with Gasteiger partial charge in [0.25, 0.3) is 5.91 Å². The number of hydrogen-bond donors (Lipinski definition) is 1. The van der Waals surface area contributed by atoms with Crippen LogP contribution < -0.4 is 10.5 Å². The number of ether oxygens (including phenoxy) is 1. The molecule has 7 heteroatoms. The predicted molar refractivity (Wildman–Crippen MR) is 86.1 cm³/mol. The van der Waals surface area contributed by atoms with E-state index in [1.54, 1.807) is 12.1 Å². The van der Waals surface area contributed by atoms with E-state index in [2.05, 4.69) is 5.16 Å². The van der Waals surface area contributed by atoms with Crippen LogP contribution in [-0.4, -0.2) is 24.0 Å². The summed E-state index contributed by atoms with van der Waals surface area (Å²) >= 11 is 6.40. The molecule has 1 amide bonds. The molecule has 0 bridgehead atoms. The van der Waals surface area contributed by atoms with Crippen LogP contribution in [0.2, 0.25) is 5.02 Å². The zero-order valence-electron chi connectivity index (χ0n) is 13.3. The van der Waals surface area contributed by atoms with Crippen LogP contribution in [0.25, 0.3) is 11.1 Å². The number of carbonyl (C=O) groups is 2. The molecule has 0 spiro atoms. The van der Waals surface area contributed by atoms with Gasteiger partial charge in [-0.15, -0.1) is 0 Å². The molecule has 0 aliphatic rings. The highest BCUT2D eigenvalue weighted by molar-refractivity contribution is 6.36. The first-order valence-electron chi connectivity index (χ1n) is 6.96. The van der Waals surface area contributed by atoms with Gasteiger partial charge in [-0.05, 0) is 19.1 Å². The summed E-state index contributed by atoms with van der Waals surface area (Å²) in [5, 5.41) is 3.95. The molecule has 2 aromatic rings. The highest BCUT2D eigenvalue weighted by atomic mass is 35.5. The number of primary amides is 1. The molecule has 6 nitrogen and oxygen atoms in total. The van der Waals surface area contributed by atoms with E-state index in [9.17, 15) is 9.59 Å². The van der Waals surface area contributed by atoms with E-state index in [1.807, 2.05) is 13.8 Å². The first kappa shape index (κ1) is 17.0. The van der Waals surface area contributed by atoms with Gasteiger partial charge in [0.15, 0.2) is 11.5 Å². The summed E-state index contributed by atoms with van der Waals surface area (Å²) in [7, 11) is 1.46. The van der Waals surface area contributed by atoms with Crippen LogP contribution in [0, 0.1) is 0 Å². The summed E-state index contributed by atoms with van der Waals surface area (Å²) in [6, 6.07) is 3.18. The molecule has 23 heavy (non-hydrogen) atoms. The second-order valence-electron chi connectivity index (χ2n) is 5.35. The summed E-state index contributed by atoms with van der Waals surface area (Å²) < 4.78 is 10.5. The normalized spacial score (nSPS) is 10.9. The van der Waals surface area contributed by atoms with Crippen molar-refractivity contribution in [3.8, 4) is 16.9 Å². The fraction of sp³-hybridized carbons (Fsp3) is 0.312. The maximum atomic E-state index is 12.0. The molecular weight excluding hydrogens is 320 g/mol. The highest BCUT2D eigenvalue weighted by Crippen LogP contribution is 2.43. The lowest BCUT2D eigenvalue weighted by molar-refractivity contribution is 0.0988. The molecule has 2 N–H and O–H groups in total. The van der Waals surface area contributed by atoms with Crippen molar-refractivity contribution in [3.05, 3.63) is 34.2 Å². The third-order valence-corrected chi connectivity index (χ3v) is 3.81. The second-order valence-corrected chi connectivity index (χ2v) is 5.73. The Morgan fingerprint density at radius 3 is 2.43 bits per heavy atom. The van der Waals surface area contributed by atoms with Gasteiger partial charge < -0.3 is 15.0 Å². The van der Waals surface area contributed by atoms with Crippen LogP contribution in [0.1, 0.15) is 53.3 Å². The van der Waals surface area contributed by atoms with E-state index in [-0.39, 0.29) is 22.4 Å². The smallest absolute Gasteiger partial charge is 0.271 e. The Morgan fingerprint density at radius 2 is 1.96 bits per heavy atom. The van der Waals surface area contributed by atoms with Gasteiger partial charge in [0.05, 0.1) is 17.7 Å². The third kappa shape index (κ3) is 2.94. The molecule has 0 aliphatic carbocycles. The van der Waals surface area contributed by atoms with Gasteiger partial charge in [-0.3, -0.25) is 9.59 Å². The zero-order valence-corrected chi connectivity index (χ0v) is 14.0. The fourth-order valence-corrected chi connectivity index (χ4v) is 2.70. The third-order valence-electron chi connectivity index (χ3n) is 3.43. The molecule has 0 aliphatic heterocycles. The van der Waals surface area contributed by atoms with Gasteiger partial charge in [0, 0.05) is 17.0 Å². The van der Waals surface area contributed by atoms with Crippen molar-refractivity contribution in [2.45, 2.75) is 26.7 Å². The number of nitrogens with two attached hydrogens (primary N) is 1. The van der Waals surface area contributed by atoms with Crippen LogP contribution >= 0.6 is 11.6 Å². The van der Waals surface area contributed by atoms with E-state index >= 15 is 0 Å². The molecule has 0 atom stereocenters. The largest absolute Gasteiger partial charge is 0.495 e. The molecule has 1 aromatic carbocycles. The number of amides is 1. The number of aromatic nitrogens is 1. The van der Waals surface area contributed by atoms with Gasteiger partial charge >= 0.3 is 0 Å². The molecule has 122 valence electrons. The lowest BCUT2D eigenvalue weighted by Gasteiger charge is -2.14. The highest BCUT2D eigenvalue weighted by Gasteiger charge is 2.29. The predicted octanol–water partition coefficient (Wildman–Crippen LogP) is 3.43. The van der Waals surface area contributed by atoms with Gasteiger partial charge in [-0.25, -0.2) is 0 Å². The van der Waals surface area contributed by atoms with Crippen molar-refractivity contribution in [1.82, 2.24) is 5.16 Å². The SMILES string of the molecule is COc1ccc(C(C)=O)c(-c2c(C(N)=O)noc2C(C)C)c1Cl. The van der Waals surface area contributed by atoms with Gasteiger partial charge in [0.1, 0.15) is 11.5 Å². The van der Waals surface area contributed by atoms with Crippen molar-refractivity contribution >= 4 is 23.3 Å². The van der Waals surface area contributed by atoms with Crippen LogP contribution in [0.5, 0.6) is 5.75 Å². The minimum Gasteiger partial charge on any atom is -0.495 e. The molecule has 1 aromatic heterocycles. The number of benzene rings is 1. The van der Waals surface area contributed by atoms with Gasteiger partial charge in [0.2, 0.25) is 0 Å². The minimum atomic E-state index is -0.760. The van der Waals surface area contributed by atoms with Gasteiger partial charge in [-0.2, -0.15) is 0 Å². The summed E-state index contributed by atoms with van der Waals surface area (Å²) in [5.41, 5.74) is 6.34. The molecule has 0 unspecified atom stereocenters. The van der Waals surface area contributed by atoms with Gasteiger partial charge in [-0.1, -0.05) is 30.6 Å². The number of methoxy groups -OCH3 is 1. The molecule has 0 radical (unpaired) electrons. The van der Waals surface area contributed by atoms with E-state index in [4.69, 9.17) is 26.6 Å². The second kappa shape index (κ2) is 6.42. The molecule has 1 heterocycles. The number of hydrogen-bond acceptors (Lipinski definition) is 5. The molecule has 0 saturated carbocycles. The Bertz CT molecular complexity index is 781. The first-order chi connectivity index (χ1) is 10.8. The zero-order chi connectivity index (χ0) is 17.3. The van der Waals surface area contributed by atoms with Crippen molar-refractivity contribution in [2.75, 3.05) is 7.11 Å². The topological polar surface area (TPSA) is 95.4 Å². The monoisotopic (exact) mass is 336 g/mol. The van der Waals surface area contributed by atoms with E-state index in [0.717, 1.165) is 0 Å². The molecule has 2 rings (SSSR count). The van der Waals surface area contributed by atoms with Crippen molar-refractivity contribution in [2.24, 2.45) is 5.73 Å². The number of Topliss-reactive ketones (excluding diaryl/α,β-unsaturated/α-hetero) is 1. The molecular formula is C16H17ClN2O4. The molecule has 0 fully saturated rings. The summed E-state index contributed by atoms with van der Waals surface area (Å²) in [6.45, 7) is 5.15. The van der Waals surface area contributed by atoms with Crippen LogP contribution in [0.15, 0.2) is 16.7 Å². The Morgan fingerprint density at radius 1 is 1.30 bits per heavy atom. The minimum absolute atomic E-state index is 0.0636. The average molecular weight is 337 g/mol. The van der Waals surface area contributed by atoms with E-state index < -0.39 is 5.91 Å². The maximum Gasteiger partial charge on any atom is 0.271 e. The quantitative estimate of drug-likeness (QED) is 0.844. The Kier molecular flexibility index (Phi) is 4.75. The Balaban J connectivity index is 2.93. The van der Waals surface area contributed by atoms with Crippen LogP contribution in [-0.2, 0) is 0 Å². The van der Waals surface area contributed by atoms with E-state index in [0.29, 0.717) is 28.2 Å². The lowest BCUT2D eigenvalue weighted by atomic mass is 9.92. The number of halogens is 1. The summed E-state index contributed by atoms with van der Waals surface area (Å²) in [6.07, 6.45) is 0.